The van der Waals surface area contributed by atoms with Crippen molar-refractivity contribution >= 4 is 0 Å². The summed E-state index contributed by atoms with van der Waals surface area (Å²) in [6.07, 6.45) is 4.27. The molecule has 2 atom stereocenters. The van der Waals surface area contributed by atoms with Crippen LogP contribution in [-0.2, 0) is 4.74 Å². The Hall–Kier alpha value is -0.0800. The maximum atomic E-state index is 5.25. The zero-order valence-corrected chi connectivity index (χ0v) is 6.18. The molecule has 1 N–H and O–H groups in total. The third kappa shape index (κ3) is 1.43. The summed E-state index contributed by atoms with van der Waals surface area (Å²) >= 11 is 0. The van der Waals surface area contributed by atoms with Crippen LogP contribution in [0.2, 0.25) is 0 Å². The topological polar surface area (TPSA) is 21.3 Å². The zero-order valence-electron chi connectivity index (χ0n) is 6.18. The molecule has 0 spiro atoms. The third-order valence-electron chi connectivity index (χ3n) is 2.13. The van der Waals surface area contributed by atoms with E-state index in [4.69, 9.17) is 4.74 Å². The predicted molar refractivity (Wildman–Crippen MR) is 37.5 cm³/mol. The second-order valence-corrected chi connectivity index (χ2v) is 2.60. The van der Waals surface area contributed by atoms with Crippen LogP contribution >= 0.6 is 0 Å². The summed E-state index contributed by atoms with van der Waals surface area (Å²) in [6, 6.07) is 0.606. The molecule has 1 rings (SSSR count). The highest BCUT2D eigenvalue weighted by atomic mass is 16.5. The summed E-state index contributed by atoms with van der Waals surface area (Å²) in [6.45, 7) is 0. The van der Waals surface area contributed by atoms with Crippen molar-refractivity contribution in [3.63, 3.8) is 0 Å². The fourth-order valence-electron chi connectivity index (χ4n) is 1.54. The molecular weight excluding hydrogens is 114 g/mol. The molecular formula is C7H15NO. The summed E-state index contributed by atoms with van der Waals surface area (Å²) in [5, 5.41) is 3.24. The van der Waals surface area contributed by atoms with Gasteiger partial charge in [0.15, 0.2) is 0 Å². The number of nitrogens with one attached hydrogen (secondary N) is 1. The van der Waals surface area contributed by atoms with Gasteiger partial charge in [-0.05, 0) is 26.3 Å². The van der Waals surface area contributed by atoms with Gasteiger partial charge < -0.3 is 10.1 Å². The van der Waals surface area contributed by atoms with E-state index in [1.807, 2.05) is 7.05 Å². The summed E-state index contributed by atoms with van der Waals surface area (Å²) in [5.41, 5.74) is 0. The molecule has 0 saturated heterocycles. The van der Waals surface area contributed by atoms with Crippen molar-refractivity contribution in [1.29, 1.82) is 0 Å². The maximum Gasteiger partial charge on any atom is 0.0724 e. The first-order chi connectivity index (χ1) is 4.38. The van der Waals surface area contributed by atoms with Crippen LogP contribution in [0.25, 0.3) is 0 Å². The minimum absolute atomic E-state index is 0.468. The highest BCUT2D eigenvalue weighted by molar-refractivity contribution is 4.82. The minimum atomic E-state index is 0.468. The van der Waals surface area contributed by atoms with Gasteiger partial charge in [0.05, 0.1) is 6.10 Å². The van der Waals surface area contributed by atoms with Crippen LogP contribution in [-0.4, -0.2) is 26.3 Å². The normalized spacial score (nSPS) is 35.3. The van der Waals surface area contributed by atoms with E-state index in [-0.39, 0.29) is 0 Å². The van der Waals surface area contributed by atoms with Gasteiger partial charge in [-0.3, -0.25) is 0 Å². The van der Waals surface area contributed by atoms with Crippen molar-refractivity contribution in [2.24, 2.45) is 0 Å². The van der Waals surface area contributed by atoms with E-state index in [1.54, 1.807) is 7.11 Å². The highest BCUT2D eigenvalue weighted by Crippen LogP contribution is 2.20. The average Bonchev–Trinajstić information content (AvgIpc) is 2.33. The molecule has 0 aliphatic heterocycles. The van der Waals surface area contributed by atoms with Crippen molar-refractivity contribution in [1.82, 2.24) is 5.32 Å². The molecule has 0 unspecified atom stereocenters. The number of hydrogen-bond donors (Lipinski definition) is 1. The number of hydrogen-bond acceptors (Lipinski definition) is 2. The summed E-state index contributed by atoms with van der Waals surface area (Å²) in [5.74, 6) is 0. The van der Waals surface area contributed by atoms with Gasteiger partial charge in [0.2, 0.25) is 0 Å². The Kier molecular flexibility index (Phi) is 2.49. The quantitative estimate of drug-likeness (QED) is 0.594. The fourth-order valence-corrected chi connectivity index (χ4v) is 1.54. The molecule has 0 aromatic rings. The third-order valence-corrected chi connectivity index (χ3v) is 2.13. The van der Waals surface area contributed by atoms with E-state index in [0.717, 1.165) is 0 Å². The number of ether oxygens (including phenoxy) is 1. The molecule has 0 heterocycles. The lowest BCUT2D eigenvalue weighted by Gasteiger charge is -2.16. The van der Waals surface area contributed by atoms with Gasteiger partial charge >= 0.3 is 0 Å². The fraction of sp³-hybridized carbons (Fsp3) is 1.00. The first-order valence-corrected chi connectivity index (χ1v) is 3.58. The van der Waals surface area contributed by atoms with Crippen LogP contribution in [0, 0.1) is 0 Å². The molecule has 2 heteroatoms. The lowest BCUT2D eigenvalue weighted by Crippen LogP contribution is -2.33. The number of rotatable bonds is 2. The van der Waals surface area contributed by atoms with Crippen LogP contribution in [0.5, 0.6) is 0 Å². The highest BCUT2D eigenvalue weighted by Gasteiger charge is 2.24. The van der Waals surface area contributed by atoms with Gasteiger partial charge in [0.25, 0.3) is 0 Å². The van der Waals surface area contributed by atoms with Crippen LogP contribution in [0.1, 0.15) is 19.3 Å². The molecule has 0 radical (unpaired) electrons. The smallest absolute Gasteiger partial charge is 0.0724 e. The number of methoxy groups -OCH3 is 1. The average molecular weight is 129 g/mol. The molecule has 0 aromatic heterocycles. The van der Waals surface area contributed by atoms with Crippen molar-refractivity contribution in [3.8, 4) is 0 Å². The molecule has 9 heavy (non-hydrogen) atoms. The predicted octanol–water partition coefficient (Wildman–Crippen LogP) is 0.773. The van der Waals surface area contributed by atoms with Crippen molar-refractivity contribution in [2.45, 2.75) is 31.4 Å². The Morgan fingerprint density at radius 3 is 2.67 bits per heavy atom. The molecule has 1 saturated carbocycles. The molecule has 1 aliphatic rings. The molecule has 54 valence electrons. The summed E-state index contributed by atoms with van der Waals surface area (Å²) < 4.78 is 5.25. The second kappa shape index (κ2) is 3.18. The Balaban J connectivity index is 2.32. The molecule has 0 amide bonds. The van der Waals surface area contributed by atoms with Crippen LogP contribution in [0.3, 0.4) is 0 Å². The van der Waals surface area contributed by atoms with E-state index < -0.39 is 0 Å². The molecule has 0 bridgehead atoms. The maximum absolute atomic E-state index is 5.25. The lowest BCUT2D eigenvalue weighted by molar-refractivity contribution is 0.0876. The van der Waals surface area contributed by atoms with E-state index >= 15 is 0 Å². The largest absolute Gasteiger partial charge is 0.380 e. The van der Waals surface area contributed by atoms with Crippen LogP contribution in [0.15, 0.2) is 0 Å². The van der Waals surface area contributed by atoms with Gasteiger partial charge in [-0.15, -0.1) is 0 Å². The van der Waals surface area contributed by atoms with Crippen LogP contribution in [0.4, 0.5) is 0 Å². The summed E-state index contributed by atoms with van der Waals surface area (Å²) in [7, 11) is 3.79. The first kappa shape index (κ1) is 7.03. The Morgan fingerprint density at radius 2 is 2.22 bits per heavy atom. The molecule has 2 nitrogen and oxygen atoms in total. The van der Waals surface area contributed by atoms with E-state index in [1.165, 1.54) is 19.3 Å². The molecule has 1 aliphatic carbocycles. The van der Waals surface area contributed by atoms with Gasteiger partial charge in [-0.25, -0.2) is 0 Å². The standard InChI is InChI=1S/C7H15NO/c1-8-6-4-3-5-7(6)9-2/h6-8H,3-5H2,1-2H3/t6-,7-/m1/s1. The molecule has 0 aromatic carbocycles. The monoisotopic (exact) mass is 129 g/mol. The Bertz CT molecular complexity index is 75.0. The lowest BCUT2D eigenvalue weighted by atomic mass is 10.2. The van der Waals surface area contributed by atoms with E-state index in [9.17, 15) is 0 Å². The number of likely N-dealkylation sites (N-methyl/N-ethyl adjacent to an activating group) is 1. The van der Waals surface area contributed by atoms with Gasteiger partial charge in [0.1, 0.15) is 0 Å². The van der Waals surface area contributed by atoms with Gasteiger partial charge in [-0.1, -0.05) is 0 Å². The zero-order chi connectivity index (χ0) is 6.69. The van der Waals surface area contributed by atoms with Crippen molar-refractivity contribution in [3.05, 3.63) is 0 Å². The summed E-state index contributed by atoms with van der Waals surface area (Å²) in [4.78, 5) is 0. The Morgan fingerprint density at radius 1 is 1.44 bits per heavy atom. The first-order valence-electron chi connectivity index (χ1n) is 3.58. The van der Waals surface area contributed by atoms with E-state index in [2.05, 4.69) is 5.32 Å². The van der Waals surface area contributed by atoms with Gasteiger partial charge in [-0.2, -0.15) is 0 Å². The second-order valence-electron chi connectivity index (χ2n) is 2.60. The van der Waals surface area contributed by atoms with E-state index in [0.29, 0.717) is 12.1 Å². The van der Waals surface area contributed by atoms with Gasteiger partial charge in [0, 0.05) is 13.2 Å². The van der Waals surface area contributed by atoms with Crippen LogP contribution < -0.4 is 5.32 Å². The minimum Gasteiger partial charge on any atom is -0.380 e. The SMILES string of the molecule is CN[C@@H]1CCC[C@H]1OC. The Labute approximate surface area is 56.6 Å². The van der Waals surface area contributed by atoms with Crippen molar-refractivity contribution < 1.29 is 4.74 Å². The van der Waals surface area contributed by atoms with Crippen molar-refractivity contribution in [2.75, 3.05) is 14.2 Å². The molecule has 1 fully saturated rings.